The van der Waals surface area contributed by atoms with E-state index in [9.17, 15) is 9.90 Å². The summed E-state index contributed by atoms with van der Waals surface area (Å²) in [7, 11) is 2.18. The molecule has 1 unspecified atom stereocenters. The molecule has 1 aliphatic heterocycles. The van der Waals surface area contributed by atoms with Crippen LogP contribution in [0.4, 0.5) is 4.79 Å². The fourth-order valence-corrected chi connectivity index (χ4v) is 5.36. The molecule has 1 atom stereocenters. The molecule has 1 aliphatic carbocycles. The van der Waals surface area contributed by atoms with Crippen LogP contribution in [0.1, 0.15) is 48.8 Å². The topological polar surface area (TPSA) is 74.5 Å². The fourth-order valence-electron chi connectivity index (χ4n) is 5.36. The van der Waals surface area contributed by atoms with Gasteiger partial charge >= 0.3 is 6.09 Å². The van der Waals surface area contributed by atoms with Gasteiger partial charge in [0.25, 0.3) is 0 Å². The van der Waals surface area contributed by atoms with Gasteiger partial charge in [-0.15, -0.1) is 0 Å². The number of imidazole rings is 1. The molecule has 0 spiro atoms. The molecular weight excluding hydrogens is 402 g/mol. The molecule has 1 amide bonds. The third-order valence-electron chi connectivity index (χ3n) is 7.15. The van der Waals surface area contributed by atoms with Crippen molar-refractivity contribution in [2.45, 2.75) is 51.2 Å². The Morgan fingerprint density at radius 3 is 2.78 bits per heavy atom. The zero-order valence-electron chi connectivity index (χ0n) is 18.7. The van der Waals surface area contributed by atoms with Gasteiger partial charge in [-0.05, 0) is 68.8 Å². The maximum atomic E-state index is 11.3. The Hall–Kier alpha value is -2.93. The number of piperidine rings is 1. The quantitative estimate of drug-likeness (QED) is 0.648. The third kappa shape index (κ3) is 4.09. The van der Waals surface area contributed by atoms with E-state index in [1.807, 2.05) is 18.3 Å². The smallest absolute Gasteiger partial charge is 0.407 e. The molecule has 1 aromatic carbocycles. The number of aryl methyl sites for hydroxylation is 1. The number of carbonyl (C=O) groups is 1. The number of fused-ring (bicyclic) bond motifs is 2. The summed E-state index contributed by atoms with van der Waals surface area (Å²) in [5.74, 6) is 1.54. The first-order valence-electron chi connectivity index (χ1n) is 11.7. The van der Waals surface area contributed by atoms with Gasteiger partial charge in [0.05, 0.1) is 29.3 Å². The number of hydrogen-bond acceptors (Lipinski definition) is 4. The maximum absolute atomic E-state index is 11.3. The van der Waals surface area contributed by atoms with Crippen LogP contribution in [-0.4, -0.2) is 55.7 Å². The van der Waals surface area contributed by atoms with Crippen molar-refractivity contribution in [3.8, 4) is 0 Å². The Labute approximate surface area is 188 Å². The van der Waals surface area contributed by atoms with Crippen LogP contribution in [0.3, 0.4) is 0 Å². The Bertz CT molecular complexity index is 1100. The van der Waals surface area contributed by atoms with E-state index in [2.05, 4.69) is 40.8 Å². The first-order valence-corrected chi connectivity index (χ1v) is 11.7. The van der Waals surface area contributed by atoms with Crippen molar-refractivity contribution in [3.63, 3.8) is 0 Å². The van der Waals surface area contributed by atoms with Gasteiger partial charge in [-0.25, -0.2) is 9.78 Å². The zero-order chi connectivity index (χ0) is 22.1. The number of amides is 1. The second-order valence-corrected chi connectivity index (χ2v) is 9.21. The van der Waals surface area contributed by atoms with E-state index in [0.29, 0.717) is 25.0 Å². The van der Waals surface area contributed by atoms with Gasteiger partial charge in [0.15, 0.2) is 0 Å². The van der Waals surface area contributed by atoms with Crippen molar-refractivity contribution in [3.05, 3.63) is 59.7 Å². The second kappa shape index (κ2) is 8.90. The molecule has 168 valence electrons. The molecule has 1 fully saturated rings. The normalized spacial score (nSPS) is 19.4. The molecule has 0 radical (unpaired) electrons. The van der Waals surface area contributed by atoms with Crippen LogP contribution in [0.25, 0.3) is 11.0 Å². The molecule has 32 heavy (non-hydrogen) atoms. The first kappa shape index (κ1) is 20.9. The predicted molar refractivity (Wildman–Crippen MR) is 123 cm³/mol. The predicted octanol–water partition coefficient (Wildman–Crippen LogP) is 4.33. The van der Waals surface area contributed by atoms with Gasteiger partial charge < -0.3 is 14.6 Å². The molecule has 3 heterocycles. The molecule has 5 rings (SSSR count). The summed E-state index contributed by atoms with van der Waals surface area (Å²) in [6.45, 7) is 2.89. The van der Waals surface area contributed by atoms with E-state index in [1.54, 1.807) is 0 Å². The number of para-hydroxylation sites is 2. The summed E-state index contributed by atoms with van der Waals surface area (Å²) in [6.07, 6.45) is 6.31. The highest BCUT2D eigenvalue weighted by Gasteiger charge is 2.27. The van der Waals surface area contributed by atoms with E-state index in [0.717, 1.165) is 50.1 Å². The Morgan fingerprint density at radius 2 is 1.97 bits per heavy atom. The minimum Gasteiger partial charge on any atom is -0.465 e. The van der Waals surface area contributed by atoms with E-state index in [4.69, 9.17) is 9.97 Å². The molecule has 7 nitrogen and oxygen atoms in total. The number of carboxylic acid groups (broad SMARTS) is 1. The number of aromatic nitrogens is 3. The highest BCUT2D eigenvalue weighted by Crippen LogP contribution is 2.33. The SMILES string of the molecule is CN(Cc1nc2ccccc2n1CC1CCN(C(=O)O)CC1)C1CCCc2cccnc21. The molecular formula is C25H31N5O2. The Balaban J connectivity index is 1.38. The highest BCUT2D eigenvalue weighted by atomic mass is 16.4. The molecule has 2 aliphatic rings. The zero-order valence-corrected chi connectivity index (χ0v) is 18.7. The molecule has 0 saturated carbocycles. The van der Waals surface area contributed by atoms with Crippen molar-refractivity contribution >= 4 is 17.1 Å². The average molecular weight is 434 g/mol. The van der Waals surface area contributed by atoms with Gasteiger partial charge in [0, 0.05) is 25.8 Å². The van der Waals surface area contributed by atoms with Gasteiger partial charge in [-0.1, -0.05) is 18.2 Å². The van der Waals surface area contributed by atoms with Crippen molar-refractivity contribution in [1.82, 2.24) is 24.3 Å². The lowest BCUT2D eigenvalue weighted by atomic mass is 9.91. The second-order valence-electron chi connectivity index (χ2n) is 9.21. The first-order chi connectivity index (χ1) is 15.6. The van der Waals surface area contributed by atoms with Crippen LogP contribution < -0.4 is 0 Å². The number of pyridine rings is 1. The minimum atomic E-state index is -0.805. The summed E-state index contributed by atoms with van der Waals surface area (Å²) in [5, 5.41) is 9.26. The number of hydrogen-bond donors (Lipinski definition) is 1. The summed E-state index contributed by atoms with van der Waals surface area (Å²) in [5.41, 5.74) is 4.78. The summed E-state index contributed by atoms with van der Waals surface area (Å²) in [6, 6.07) is 12.9. The fraction of sp³-hybridized carbons (Fsp3) is 0.480. The lowest BCUT2D eigenvalue weighted by Crippen LogP contribution is -2.38. The molecule has 7 heteroatoms. The molecule has 1 N–H and O–H groups in total. The van der Waals surface area contributed by atoms with Gasteiger partial charge in [0.2, 0.25) is 0 Å². The number of likely N-dealkylation sites (tertiary alicyclic amines) is 1. The van der Waals surface area contributed by atoms with Crippen LogP contribution >= 0.6 is 0 Å². The largest absolute Gasteiger partial charge is 0.465 e. The molecule has 2 aromatic heterocycles. The van der Waals surface area contributed by atoms with Crippen LogP contribution in [0.2, 0.25) is 0 Å². The van der Waals surface area contributed by atoms with Crippen molar-refractivity contribution in [2.24, 2.45) is 5.92 Å². The Kier molecular flexibility index (Phi) is 5.83. The van der Waals surface area contributed by atoms with E-state index in [-0.39, 0.29) is 0 Å². The third-order valence-corrected chi connectivity index (χ3v) is 7.15. The van der Waals surface area contributed by atoms with Crippen molar-refractivity contribution in [1.29, 1.82) is 0 Å². The van der Waals surface area contributed by atoms with Gasteiger partial charge in [-0.3, -0.25) is 9.88 Å². The van der Waals surface area contributed by atoms with Crippen molar-refractivity contribution < 1.29 is 9.90 Å². The number of rotatable bonds is 5. The summed E-state index contributed by atoms with van der Waals surface area (Å²) in [4.78, 5) is 24.9. The van der Waals surface area contributed by atoms with Crippen LogP contribution in [0.15, 0.2) is 42.6 Å². The standard InChI is InChI=1S/C25H31N5O2/c1-28(22-10-4-6-19-7-5-13-26-24(19)22)17-23-27-20-8-2-3-9-21(20)30(23)16-18-11-14-29(15-12-18)25(31)32/h2-3,5,7-9,13,18,22H,4,6,10-12,14-17H2,1H3,(H,31,32). The maximum Gasteiger partial charge on any atom is 0.407 e. The molecule has 1 saturated heterocycles. The minimum absolute atomic E-state index is 0.312. The highest BCUT2D eigenvalue weighted by molar-refractivity contribution is 5.75. The monoisotopic (exact) mass is 433 g/mol. The molecule has 0 bridgehead atoms. The number of benzene rings is 1. The van der Waals surface area contributed by atoms with Crippen LogP contribution in [0.5, 0.6) is 0 Å². The number of nitrogens with zero attached hydrogens (tertiary/aromatic N) is 5. The van der Waals surface area contributed by atoms with Gasteiger partial charge in [-0.2, -0.15) is 0 Å². The van der Waals surface area contributed by atoms with E-state index in [1.165, 1.54) is 28.1 Å². The summed E-state index contributed by atoms with van der Waals surface area (Å²) >= 11 is 0. The van der Waals surface area contributed by atoms with Crippen LogP contribution in [-0.2, 0) is 19.5 Å². The van der Waals surface area contributed by atoms with Crippen LogP contribution in [0, 0.1) is 5.92 Å². The Morgan fingerprint density at radius 1 is 1.16 bits per heavy atom. The average Bonchev–Trinajstić information content (AvgIpc) is 3.15. The van der Waals surface area contributed by atoms with E-state index >= 15 is 0 Å². The lowest BCUT2D eigenvalue weighted by molar-refractivity contribution is 0.121. The van der Waals surface area contributed by atoms with Gasteiger partial charge in [0.1, 0.15) is 5.82 Å². The lowest BCUT2D eigenvalue weighted by Gasteiger charge is -2.33. The van der Waals surface area contributed by atoms with E-state index < -0.39 is 6.09 Å². The summed E-state index contributed by atoms with van der Waals surface area (Å²) < 4.78 is 2.37. The van der Waals surface area contributed by atoms with Crippen molar-refractivity contribution in [2.75, 3.05) is 20.1 Å². The molecule has 3 aromatic rings.